The van der Waals surface area contributed by atoms with E-state index in [1.54, 1.807) is 42.8 Å². The molecule has 1 N–H and O–H groups in total. The molecule has 4 rings (SSSR count). The Kier molecular flexibility index (Phi) is 4.72. The number of halogens is 1. The first-order valence-corrected chi connectivity index (χ1v) is 8.67. The van der Waals surface area contributed by atoms with E-state index in [9.17, 15) is 4.79 Å². The Bertz CT molecular complexity index is 1060. The molecule has 0 aliphatic carbocycles. The van der Waals surface area contributed by atoms with Gasteiger partial charge in [0.1, 0.15) is 11.4 Å². The van der Waals surface area contributed by atoms with Crippen molar-refractivity contribution in [3.63, 3.8) is 0 Å². The number of pyridine rings is 1. The van der Waals surface area contributed by atoms with E-state index < -0.39 is 0 Å². The number of hydrogen-bond donors (Lipinski definition) is 1. The van der Waals surface area contributed by atoms with Crippen LogP contribution in [-0.2, 0) is 6.54 Å². The monoisotopic (exact) mass is 378 g/mol. The Hall–Kier alpha value is -3.38. The van der Waals surface area contributed by atoms with Crippen LogP contribution in [-0.4, -0.2) is 20.7 Å². The lowest BCUT2D eigenvalue weighted by Crippen LogP contribution is -2.25. The summed E-state index contributed by atoms with van der Waals surface area (Å²) in [5.41, 5.74) is 2.27. The fourth-order valence-corrected chi connectivity index (χ4v) is 2.87. The van der Waals surface area contributed by atoms with Crippen LogP contribution >= 0.6 is 11.6 Å². The maximum atomic E-state index is 12.8. The Labute approximate surface area is 160 Å². The highest BCUT2D eigenvalue weighted by molar-refractivity contribution is 6.32. The number of furan rings is 1. The van der Waals surface area contributed by atoms with Crippen molar-refractivity contribution in [3.05, 3.63) is 89.5 Å². The van der Waals surface area contributed by atoms with Gasteiger partial charge in [-0.25, -0.2) is 4.68 Å². The van der Waals surface area contributed by atoms with Gasteiger partial charge in [-0.15, -0.1) is 0 Å². The molecule has 0 atom stereocenters. The molecule has 0 aliphatic rings. The van der Waals surface area contributed by atoms with Gasteiger partial charge in [-0.2, -0.15) is 5.10 Å². The van der Waals surface area contributed by atoms with Crippen molar-refractivity contribution in [1.82, 2.24) is 20.1 Å². The van der Waals surface area contributed by atoms with E-state index in [1.165, 1.54) is 4.68 Å². The van der Waals surface area contributed by atoms with Crippen molar-refractivity contribution >= 4 is 17.5 Å². The molecule has 0 bridgehead atoms. The van der Waals surface area contributed by atoms with Crippen LogP contribution in [0.4, 0.5) is 0 Å². The van der Waals surface area contributed by atoms with Crippen molar-refractivity contribution < 1.29 is 9.21 Å². The van der Waals surface area contributed by atoms with Crippen LogP contribution in [0.3, 0.4) is 0 Å². The maximum absolute atomic E-state index is 12.8. The lowest BCUT2D eigenvalue weighted by atomic mass is 10.2. The largest absolute Gasteiger partial charge is 0.463 e. The standard InChI is InChI=1S/C20H15ClN4O2/c21-15-7-1-2-8-17(15)25-18(12-16(24-25)19-9-5-11-27-19)20(26)23-13-14-6-3-4-10-22-14/h1-12H,13H2,(H,23,26). The molecule has 0 radical (unpaired) electrons. The number of carbonyl (C=O) groups is 1. The SMILES string of the molecule is O=C(NCc1ccccn1)c1cc(-c2ccco2)nn1-c1ccccc1Cl. The van der Waals surface area contributed by atoms with Crippen LogP contribution in [0.15, 0.2) is 77.5 Å². The number of rotatable bonds is 5. The minimum atomic E-state index is -0.286. The summed E-state index contributed by atoms with van der Waals surface area (Å²) in [7, 11) is 0. The fraction of sp³-hybridized carbons (Fsp3) is 0.0500. The molecule has 0 aliphatic heterocycles. The third-order valence-electron chi connectivity index (χ3n) is 3.95. The molecule has 27 heavy (non-hydrogen) atoms. The Balaban J connectivity index is 1.70. The number of para-hydroxylation sites is 1. The molecule has 0 unspecified atom stereocenters. The molecule has 0 fully saturated rings. The summed E-state index contributed by atoms with van der Waals surface area (Å²) in [5.74, 6) is 0.283. The van der Waals surface area contributed by atoms with Crippen molar-refractivity contribution in [2.45, 2.75) is 6.54 Å². The van der Waals surface area contributed by atoms with E-state index in [-0.39, 0.29) is 5.91 Å². The van der Waals surface area contributed by atoms with E-state index in [2.05, 4.69) is 15.4 Å². The second-order valence-corrected chi connectivity index (χ2v) is 6.17. The average Bonchev–Trinajstić information content (AvgIpc) is 3.37. The first kappa shape index (κ1) is 17.1. The van der Waals surface area contributed by atoms with E-state index in [1.807, 2.05) is 30.3 Å². The lowest BCUT2D eigenvalue weighted by Gasteiger charge is -2.09. The third-order valence-corrected chi connectivity index (χ3v) is 4.27. The van der Waals surface area contributed by atoms with Gasteiger partial charge in [-0.3, -0.25) is 9.78 Å². The van der Waals surface area contributed by atoms with Crippen LogP contribution in [0, 0.1) is 0 Å². The zero-order valence-electron chi connectivity index (χ0n) is 14.2. The van der Waals surface area contributed by atoms with Gasteiger partial charge < -0.3 is 9.73 Å². The second kappa shape index (κ2) is 7.47. The van der Waals surface area contributed by atoms with Gasteiger partial charge in [-0.1, -0.05) is 29.8 Å². The third kappa shape index (κ3) is 3.61. The van der Waals surface area contributed by atoms with Gasteiger partial charge in [0, 0.05) is 12.3 Å². The van der Waals surface area contributed by atoms with Crippen LogP contribution in [0.25, 0.3) is 17.1 Å². The first-order chi connectivity index (χ1) is 13.2. The van der Waals surface area contributed by atoms with Crippen LogP contribution in [0.1, 0.15) is 16.2 Å². The minimum Gasteiger partial charge on any atom is -0.463 e. The number of hydrogen-bond acceptors (Lipinski definition) is 4. The van der Waals surface area contributed by atoms with Crippen molar-refractivity contribution in [2.75, 3.05) is 0 Å². The Morgan fingerprint density at radius 2 is 1.96 bits per heavy atom. The summed E-state index contributed by atoms with van der Waals surface area (Å²) < 4.78 is 6.93. The second-order valence-electron chi connectivity index (χ2n) is 5.76. The quantitative estimate of drug-likeness (QED) is 0.567. The Morgan fingerprint density at radius 3 is 2.70 bits per heavy atom. The maximum Gasteiger partial charge on any atom is 0.270 e. The van der Waals surface area contributed by atoms with Gasteiger partial charge >= 0.3 is 0 Å². The molecule has 3 heterocycles. The van der Waals surface area contributed by atoms with Crippen LogP contribution < -0.4 is 5.32 Å². The average molecular weight is 379 g/mol. The molecule has 0 saturated carbocycles. The minimum absolute atomic E-state index is 0.286. The van der Waals surface area contributed by atoms with Gasteiger partial charge in [0.15, 0.2) is 5.76 Å². The molecule has 1 aromatic carbocycles. The molecule has 0 spiro atoms. The molecule has 3 aromatic heterocycles. The summed E-state index contributed by atoms with van der Waals surface area (Å²) in [6.07, 6.45) is 3.25. The summed E-state index contributed by atoms with van der Waals surface area (Å²) in [6, 6.07) is 18.0. The van der Waals surface area contributed by atoms with Gasteiger partial charge in [0.25, 0.3) is 5.91 Å². The number of benzene rings is 1. The summed E-state index contributed by atoms with van der Waals surface area (Å²) in [6.45, 7) is 0.309. The highest BCUT2D eigenvalue weighted by Crippen LogP contribution is 2.25. The molecular weight excluding hydrogens is 364 g/mol. The van der Waals surface area contributed by atoms with Gasteiger partial charge in [-0.05, 0) is 36.4 Å². The zero-order chi connectivity index (χ0) is 18.6. The normalized spacial score (nSPS) is 10.7. The molecular formula is C20H15ClN4O2. The first-order valence-electron chi connectivity index (χ1n) is 8.29. The lowest BCUT2D eigenvalue weighted by molar-refractivity contribution is 0.0942. The fourth-order valence-electron chi connectivity index (χ4n) is 2.66. The van der Waals surface area contributed by atoms with Gasteiger partial charge in [0.05, 0.1) is 29.2 Å². The zero-order valence-corrected chi connectivity index (χ0v) is 14.9. The highest BCUT2D eigenvalue weighted by atomic mass is 35.5. The molecule has 0 saturated heterocycles. The van der Waals surface area contributed by atoms with Gasteiger partial charge in [0.2, 0.25) is 0 Å². The predicted molar refractivity (Wildman–Crippen MR) is 102 cm³/mol. The van der Waals surface area contributed by atoms with E-state index in [0.29, 0.717) is 34.4 Å². The summed E-state index contributed by atoms with van der Waals surface area (Å²) in [4.78, 5) is 17.0. The summed E-state index contributed by atoms with van der Waals surface area (Å²) in [5, 5.41) is 7.88. The number of aromatic nitrogens is 3. The van der Waals surface area contributed by atoms with Crippen molar-refractivity contribution in [1.29, 1.82) is 0 Å². The number of nitrogens with zero attached hydrogens (tertiary/aromatic N) is 3. The summed E-state index contributed by atoms with van der Waals surface area (Å²) >= 11 is 6.32. The molecule has 4 aromatic rings. The number of carbonyl (C=O) groups excluding carboxylic acids is 1. The van der Waals surface area contributed by atoms with Crippen molar-refractivity contribution in [2.24, 2.45) is 0 Å². The molecule has 7 heteroatoms. The molecule has 134 valence electrons. The van der Waals surface area contributed by atoms with E-state index in [4.69, 9.17) is 16.0 Å². The molecule has 6 nitrogen and oxygen atoms in total. The van der Waals surface area contributed by atoms with Crippen LogP contribution in [0.5, 0.6) is 0 Å². The van der Waals surface area contributed by atoms with E-state index >= 15 is 0 Å². The number of amides is 1. The van der Waals surface area contributed by atoms with Crippen LogP contribution in [0.2, 0.25) is 5.02 Å². The smallest absolute Gasteiger partial charge is 0.270 e. The Morgan fingerprint density at radius 1 is 1.11 bits per heavy atom. The predicted octanol–water partition coefficient (Wildman–Crippen LogP) is 4.11. The highest BCUT2D eigenvalue weighted by Gasteiger charge is 2.20. The topological polar surface area (TPSA) is 73.0 Å². The number of nitrogens with one attached hydrogen (secondary N) is 1. The van der Waals surface area contributed by atoms with E-state index in [0.717, 1.165) is 5.69 Å². The molecule has 1 amide bonds. The van der Waals surface area contributed by atoms with Crippen molar-refractivity contribution in [3.8, 4) is 17.1 Å².